The number of hydrogen-bond acceptors (Lipinski definition) is 2. The summed E-state index contributed by atoms with van der Waals surface area (Å²) in [5.41, 5.74) is 0.809. The Morgan fingerprint density at radius 2 is 2.18 bits per heavy atom. The van der Waals surface area contributed by atoms with E-state index in [9.17, 15) is 4.39 Å². The van der Waals surface area contributed by atoms with Gasteiger partial charge in [0.25, 0.3) is 0 Å². The minimum Gasteiger partial charge on any atom is -0.316 e. The second-order valence-electron chi connectivity index (χ2n) is 4.82. The lowest BCUT2D eigenvalue weighted by Gasteiger charge is -2.37. The van der Waals surface area contributed by atoms with Crippen LogP contribution in [0, 0.1) is 5.82 Å². The Bertz CT molecular complexity index is 367. The van der Waals surface area contributed by atoms with Crippen LogP contribution in [0.1, 0.15) is 31.4 Å². The highest BCUT2D eigenvalue weighted by atomic mass is 19.1. The number of benzene rings is 1. The average Bonchev–Trinajstić information content (AvgIpc) is 2.38. The van der Waals surface area contributed by atoms with Gasteiger partial charge in [0.1, 0.15) is 5.82 Å². The van der Waals surface area contributed by atoms with Gasteiger partial charge < -0.3 is 5.32 Å². The summed E-state index contributed by atoms with van der Waals surface area (Å²) >= 11 is 0. The van der Waals surface area contributed by atoms with Crippen molar-refractivity contribution in [3.63, 3.8) is 0 Å². The number of rotatable bonds is 3. The maximum Gasteiger partial charge on any atom is 0.127 e. The number of piperidine rings is 1. The molecule has 2 nitrogen and oxygen atoms in total. The molecule has 1 aromatic carbocycles. The molecule has 3 heteroatoms. The SMILES string of the molecule is CNC1CCCN(C(C)c2ccccc2F)C1. The fourth-order valence-electron chi connectivity index (χ4n) is 2.60. The highest BCUT2D eigenvalue weighted by Gasteiger charge is 2.24. The van der Waals surface area contributed by atoms with E-state index >= 15 is 0 Å². The molecule has 1 aromatic rings. The van der Waals surface area contributed by atoms with Crippen molar-refractivity contribution >= 4 is 0 Å². The van der Waals surface area contributed by atoms with Crippen molar-refractivity contribution < 1.29 is 4.39 Å². The van der Waals surface area contributed by atoms with E-state index < -0.39 is 0 Å². The second-order valence-corrected chi connectivity index (χ2v) is 4.82. The Morgan fingerprint density at radius 3 is 2.88 bits per heavy atom. The van der Waals surface area contributed by atoms with E-state index in [1.54, 1.807) is 12.1 Å². The van der Waals surface area contributed by atoms with E-state index in [1.807, 2.05) is 19.2 Å². The summed E-state index contributed by atoms with van der Waals surface area (Å²) in [7, 11) is 2.00. The second kappa shape index (κ2) is 5.61. The molecule has 1 aliphatic rings. The molecule has 1 heterocycles. The standard InChI is InChI=1S/C14H21FN2/c1-11(13-7-3-4-8-14(13)15)17-9-5-6-12(10-17)16-2/h3-4,7-8,11-12,16H,5-6,9-10H2,1-2H3. The molecule has 1 fully saturated rings. The van der Waals surface area contributed by atoms with E-state index in [0.29, 0.717) is 6.04 Å². The molecule has 17 heavy (non-hydrogen) atoms. The molecule has 1 aliphatic heterocycles. The van der Waals surface area contributed by atoms with Crippen molar-refractivity contribution in [2.45, 2.75) is 31.8 Å². The maximum atomic E-state index is 13.7. The third kappa shape index (κ3) is 2.85. The van der Waals surface area contributed by atoms with Gasteiger partial charge in [-0.1, -0.05) is 18.2 Å². The van der Waals surface area contributed by atoms with Crippen LogP contribution in [0.15, 0.2) is 24.3 Å². The van der Waals surface area contributed by atoms with Crippen LogP contribution in [0.25, 0.3) is 0 Å². The highest BCUT2D eigenvalue weighted by molar-refractivity contribution is 5.20. The van der Waals surface area contributed by atoms with Gasteiger partial charge in [0, 0.05) is 24.2 Å². The predicted molar refractivity (Wildman–Crippen MR) is 68.5 cm³/mol. The number of hydrogen-bond donors (Lipinski definition) is 1. The van der Waals surface area contributed by atoms with Crippen molar-refractivity contribution in [3.05, 3.63) is 35.6 Å². The monoisotopic (exact) mass is 236 g/mol. The zero-order valence-corrected chi connectivity index (χ0v) is 10.6. The molecule has 2 atom stereocenters. The number of nitrogens with one attached hydrogen (secondary N) is 1. The van der Waals surface area contributed by atoms with Crippen LogP contribution in [0.3, 0.4) is 0 Å². The number of nitrogens with zero attached hydrogens (tertiary/aromatic N) is 1. The smallest absolute Gasteiger partial charge is 0.127 e. The normalized spacial score (nSPS) is 23.6. The van der Waals surface area contributed by atoms with Crippen LogP contribution in [-0.2, 0) is 0 Å². The molecular formula is C14H21FN2. The average molecular weight is 236 g/mol. The lowest BCUT2D eigenvalue weighted by Crippen LogP contribution is -2.45. The summed E-state index contributed by atoms with van der Waals surface area (Å²) in [6, 6.07) is 7.80. The first-order chi connectivity index (χ1) is 8.22. The Hall–Kier alpha value is -0.930. The molecule has 94 valence electrons. The number of halogens is 1. The minimum atomic E-state index is -0.0911. The van der Waals surface area contributed by atoms with E-state index in [4.69, 9.17) is 0 Å². The molecule has 0 aromatic heterocycles. The Kier molecular flexibility index (Phi) is 4.13. The fourth-order valence-corrected chi connectivity index (χ4v) is 2.60. The summed E-state index contributed by atoms with van der Waals surface area (Å²) < 4.78 is 13.7. The van der Waals surface area contributed by atoms with Gasteiger partial charge in [0.05, 0.1) is 0 Å². The van der Waals surface area contributed by atoms with Crippen LogP contribution >= 0.6 is 0 Å². The van der Waals surface area contributed by atoms with Gasteiger partial charge in [-0.15, -0.1) is 0 Å². The van der Waals surface area contributed by atoms with Crippen molar-refractivity contribution in [2.75, 3.05) is 20.1 Å². The van der Waals surface area contributed by atoms with Gasteiger partial charge in [0.2, 0.25) is 0 Å². The largest absolute Gasteiger partial charge is 0.316 e. The molecule has 0 aliphatic carbocycles. The molecule has 2 rings (SSSR count). The third-order valence-corrected chi connectivity index (χ3v) is 3.76. The lowest BCUT2D eigenvalue weighted by atomic mass is 10.0. The molecule has 0 saturated carbocycles. The van der Waals surface area contributed by atoms with Crippen molar-refractivity contribution in [1.29, 1.82) is 0 Å². The van der Waals surface area contributed by atoms with Gasteiger partial charge in [-0.2, -0.15) is 0 Å². The van der Waals surface area contributed by atoms with Gasteiger partial charge in [-0.05, 0) is 39.4 Å². The number of likely N-dealkylation sites (tertiary alicyclic amines) is 1. The number of likely N-dealkylation sites (N-methyl/N-ethyl adjacent to an activating group) is 1. The van der Waals surface area contributed by atoms with Crippen molar-refractivity contribution in [3.8, 4) is 0 Å². The summed E-state index contributed by atoms with van der Waals surface area (Å²) in [5, 5.41) is 3.32. The molecule has 0 bridgehead atoms. The predicted octanol–water partition coefficient (Wildman–Crippen LogP) is 2.57. The first kappa shape index (κ1) is 12.5. The highest BCUT2D eigenvalue weighted by Crippen LogP contribution is 2.25. The molecule has 1 saturated heterocycles. The topological polar surface area (TPSA) is 15.3 Å². The Labute approximate surface area is 103 Å². The molecule has 1 N–H and O–H groups in total. The zero-order chi connectivity index (χ0) is 12.3. The summed E-state index contributed by atoms with van der Waals surface area (Å²) in [5.74, 6) is -0.0911. The van der Waals surface area contributed by atoms with Gasteiger partial charge in [0.15, 0.2) is 0 Å². The lowest BCUT2D eigenvalue weighted by molar-refractivity contribution is 0.147. The van der Waals surface area contributed by atoms with Crippen LogP contribution in [0.5, 0.6) is 0 Å². The summed E-state index contributed by atoms with van der Waals surface area (Å²) in [4.78, 5) is 2.36. The minimum absolute atomic E-state index is 0.0911. The van der Waals surface area contributed by atoms with Crippen LogP contribution in [0.4, 0.5) is 4.39 Å². The molecule has 0 spiro atoms. The molecule has 0 amide bonds. The first-order valence-corrected chi connectivity index (χ1v) is 6.38. The maximum absolute atomic E-state index is 13.7. The molecule has 0 radical (unpaired) electrons. The Morgan fingerprint density at radius 1 is 1.41 bits per heavy atom. The van der Waals surface area contributed by atoms with Crippen molar-refractivity contribution in [2.24, 2.45) is 0 Å². The van der Waals surface area contributed by atoms with Gasteiger partial charge >= 0.3 is 0 Å². The zero-order valence-electron chi connectivity index (χ0n) is 10.6. The van der Waals surface area contributed by atoms with E-state index in [1.165, 1.54) is 12.8 Å². The van der Waals surface area contributed by atoms with E-state index in [-0.39, 0.29) is 11.9 Å². The summed E-state index contributed by atoms with van der Waals surface area (Å²) in [6.45, 7) is 4.16. The molecule has 2 unspecified atom stereocenters. The van der Waals surface area contributed by atoms with Crippen LogP contribution in [0.2, 0.25) is 0 Å². The van der Waals surface area contributed by atoms with Crippen molar-refractivity contribution in [1.82, 2.24) is 10.2 Å². The van der Waals surface area contributed by atoms with Crippen LogP contribution < -0.4 is 5.32 Å². The van der Waals surface area contributed by atoms with E-state index in [0.717, 1.165) is 18.7 Å². The summed E-state index contributed by atoms with van der Waals surface area (Å²) in [6.07, 6.45) is 2.40. The fraction of sp³-hybridized carbons (Fsp3) is 0.571. The van der Waals surface area contributed by atoms with Crippen LogP contribution in [-0.4, -0.2) is 31.1 Å². The Balaban J connectivity index is 2.09. The van der Waals surface area contributed by atoms with Gasteiger partial charge in [-0.25, -0.2) is 4.39 Å². The first-order valence-electron chi connectivity index (χ1n) is 6.38. The third-order valence-electron chi connectivity index (χ3n) is 3.76. The van der Waals surface area contributed by atoms with Gasteiger partial charge in [-0.3, -0.25) is 4.90 Å². The quantitative estimate of drug-likeness (QED) is 0.867. The molecular weight excluding hydrogens is 215 g/mol. The van der Waals surface area contributed by atoms with E-state index in [2.05, 4.69) is 17.1 Å².